The lowest BCUT2D eigenvalue weighted by atomic mass is 10.2. The molecular weight excluding hydrogens is 250 g/mol. The number of halogens is 2. The molecule has 0 atom stereocenters. The molecule has 2 rings (SSSR count). The van der Waals surface area contributed by atoms with Crippen LogP contribution in [0.3, 0.4) is 0 Å². The Bertz CT molecular complexity index is 677. The molecule has 2 N–H and O–H groups in total. The minimum absolute atomic E-state index is 0.0521. The number of sulfonamides is 1. The van der Waals surface area contributed by atoms with Gasteiger partial charge in [0.2, 0.25) is 10.0 Å². The minimum atomic E-state index is -4.03. The summed E-state index contributed by atoms with van der Waals surface area (Å²) in [5, 5.41) is 5.27. The van der Waals surface area contributed by atoms with Gasteiger partial charge in [-0.3, -0.25) is 4.57 Å². The highest BCUT2D eigenvalue weighted by Gasteiger charge is 2.24. The summed E-state index contributed by atoms with van der Waals surface area (Å²) in [4.78, 5) is -0.242. The first-order chi connectivity index (χ1) is 7.84. The predicted molar refractivity (Wildman–Crippen MR) is 59.3 cm³/mol. The summed E-state index contributed by atoms with van der Waals surface area (Å²) < 4.78 is 49.3. The summed E-state index contributed by atoms with van der Waals surface area (Å²) in [6, 6.07) is 6.03. The molecule has 0 aliphatic rings. The number of hydrogen-bond donors (Lipinski definition) is 1. The number of primary sulfonamides is 1. The second kappa shape index (κ2) is 3.78. The van der Waals surface area contributed by atoms with E-state index in [-0.39, 0.29) is 21.5 Å². The van der Waals surface area contributed by atoms with Crippen molar-refractivity contribution in [2.75, 3.05) is 0 Å². The fourth-order valence-corrected chi connectivity index (χ4v) is 2.96. The highest BCUT2D eigenvalue weighted by Crippen LogP contribution is 2.32. The minimum Gasteiger partial charge on any atom is -0.287 e. The van der Waals surface area contributed by atoms with Gasteiger partial charge in [-0.2, -0.15) is 8.78 Å². The van der Waals surface area contributed by atoms with Crippen LogP contribution in [0, 0.1) is 6.92 Å². The summed E-state index contributed by atoms with van der Waals surface area (Å²) in [6.07, 6.45) is 0. The van der Waals surface area contributed by atoms with E-state index in [0.717, 1.165) is 0 Å². The smallest absolute Gasteiger partial charge is 0.287 e. The first-order valence-corrected chi connectivity index (χ1v) is 6.29. The monoisotopic (exact) mass is 260 g/mol. The van der Waals surface area contributed by atoms with Gasteiger partial charge in [0.05, 0.1) is 5.52 Å². The van der Waals surface area contributed by atoms with Gasteiger partial charge in [0, 0.05) is 11.1 Å². The molecule has 1 heterocycles. The molecule has 0 fully saturated rings. The van der Waals surface area contributed by atoms with E-state index in [2.05, 4.69) is 0 Å². The Morgan fingerprint density at radius 3 is 2.41 bits per heavy atom. The van der Waals surface area contributed by atoms with Crippen molar-refractivity contribution in [1.82, 2.24) is 4.57 Å². The number of alkyl halides is 2. The van der Waals surface area contributed by atoms with Crippen LogP contribution < -0.4 is 5.14 Å². The van der Waals surface area contributed by atoms with E-state index in [1.54, 1.807) is 12.1 Å². The van der Waals surface area contributed by atoms with Crippen molar-refractivity contribution >= 4 is 20.9 Å². The van der Waals surface area contributed by atoms with Gasteiger partial charge in [-0.1, -0.05) is 18.2 Å². The zero-order chi connectivity index (χ0) is 12.8. The number of nitrogens with zero attached hydrogens (tertiary/aromatic N) is 1. The van der Waals surface area contributed by atoms with Crippen LogP contribution in [-0.4, -0.2) is 13.0 Å². The van der Waals surface area contributed by atoms with Crippen LogP contribution >= 0.6 is 0 Å². The van der Waals surface area contributed by atoms with Crippen LogP contribution in [0.2, 0.25) is 0 Å². The van der Waals surface area contributed by atoms with Crippen LogP contribution in [0.1, 0.15) is 12.2 Å². The van der Waals surface area contributed by atoms with E-state index in [1.165, 1.54) is 19.1 Å². The molecule has 0 saturated carbocycles. The van der Waals surface area contributed by atoms with E-state index < -0.39 is 16.6 Å². The Labute approximate surface area is 96.7 Å². The summed E-state index contributed by atoms with van der Waals surface area (Å²) in [7, 11) is -4.03. The summed E-state index contributed by atoms with van der Waals surface area (Å²) in [6.45, 7) is -1.50. The van der Waals surface area contributed by atoms with Crippen LogP contribution in [0.15, 0.2) is 29.2 Å². The lowest BCUT2D eigenvalue weighted by Gasteiger charge is -2.05. The van der Waals surface area contributed by atoms with Crippen molar-refractivity contribution < 1.29 is 17.2 Å². The third kappa shape index (κ3) is 1.81. The van der Waals surface area contributed by atoms with Gasteiger partial charge in [-0.15, -0.1) is 0 Å². The summed E-state index contributed by atoms with van der Waals surface area (Å²) >= 11 is 0. The molecule has 0 aliphatic carbocycles. The van der Waals surface area contributed by atoms with Gasteiger partial charge >= 0.3 is 6.55 Å². The van der Waals surface area contributed by atoms with Crippen molar-refractivity contribution in [3.05, 3.63) is 30.0 Å². The normalized spacial score (nSPS) is 12.5. The highest BCUT2D eigenvalue weighted by atomic mass is 32.2. The third-order valence-corrected chi connectivity index (χ3v) is 3.66. The topological polar surface area (TPSA) is 65.1 Å². The number of aromatic nitrogens is 1. The van der Waals surface area contributed by atoms with Crippen molar-refractivity contribution in [3.63, 3.8) is 0 Å². The van der Waals surface area contributed by atoms with E-state index in [1.807, 2.05) is 0 Å². The molecule has 92 valence electrons. The number of benzene rings is 1. The van der Waals surface area contributed by atoms with Crippen molar-refractivity contribution in [1.29, 1.82) is 0 Å². The Balaban J connectivity index is 3.00. The maximum Gasteiger partial charge on any atom is 0.319 e. The maximum atomic E-state index is 12.9. The Morgan fingerprint density at radius 1 is 1.29 bits per heavy atom. The molecule has 4 nitrogen and oxygen atoms in total. The zero-order valence-electron chi connectivity index (χ0n) is 8.89. The van der Waals surface area contributed by atoms with Crippen LogP contribution in [0.5, 0.6) is 0 Å². The molecule has 17 heavy (non-hydrogen) atoms. The third-order valence-electron chi connectivity index (χ3n) is 2.58. The fourth-order valence-electron chi connectivity index (χ4n) is 1.97. The van der Waals surface area contributed by atoms with Crippen molar-refractivity contribution in [3.8, 4) is 0 Å². The SMILES string of the molecule is Cc1c(S(N)(=O)=O)c2ccccc2n1C(F)F. The van der Waals surface area contributed by atoms with Gasteiger partial charge in [0.15, 0.2) is 0 Å². The quantitative estimate of drug-likeness (QED) is 0.897. The average Bonchev–Trinajstić information content (AvgIpc) is 2.48. The molecule has 7 heteroatoms. The fraction of sp³-hybridized carbons (Fsp3) is 0.200. The molecule has 0 unspecified atom stereocenters. The van der Waals surface area contributed by atoms with Gasteiger partial charge < -0.3 is 0 Å². The molecule has 0 saturated heterocycles. The predicted octanol–water partition coefficient (Wildman–Crippen LogP) is 1.99. The highest BCUT2D eigenvalue weighted by molar-refractivity contribution is 7.89. The molecule has 0 amide bonds. The van der Waals surface area contributed by atoms with Gasteiger partial charge in [-0.05, 0) is 13.0 Å². The number of para-hydroxylation sites is 1. The molecule has 0 spiro atoms. The van der Waals surface area contributed by atoms with Gasteiger partial charge in [-0.25, -0.2) is 13.6 Å². The molecule has 1 aromatic carbocycles. The number of nitrogens with two attached hydrogens (primary N) is 1. The lowest BCUT2D eigenvalue weighted by molar-refractivity contribution is 0.0727. The summed E-state index contributed by atoms with van der Waals surface area (Å²) in [5.41, 5.74) is 0.104. The van der Waals surface area contributed by atoms with Crippen LogP contribution in [0.25, 0.3) is 10.9 Å². The largest absolute Gasteiger partial charge is 0.319 e. The Hall–Kier alpha value is -1.47. The molecule has 1 aromatic heterocycles. The van der Waals surface area contributed by atoms with Crippen LogP contribution in [0.4, 0.5) is 8.78 Å². The number of rotatable bonds is 2. The Morgan fingerprint density at radius 2 is 1.88 bits per heavy atom. The van der Waals surface area contributed by atoms with Crippen LogP contribution in [-0.2, 0) is 10.0 Å². The Kier molecular flexibility index (Phi) is 2.67. The number of hydrogen-bond acceptors (Lipinski definition) is 2. The van der Waals surface area contributed by atoms with E-state index in [9.17, 15) is 17.2 Å². The molecular formula is C10H10F2N2O2S. The van der Waals surface area contributed by atoms with Crippen molar-refractivity contribution in [2.45, 2.75) is 18.4 Å². The standard InChI is InChI=1S/C10H10F2N2O2S/c1-6-9(17(13,15)16)7-4-2-3-5-8(7)14(6)10(11)12/h2-5,10H,1H3,(H2,13,15,16). The van der Waals surface area contributed by atoms with Crippen molar-refractivity contribution in [2.24, 2.45) is 5.14 Å². The van der Waals surface area contributed by atoms with E-state index >= 15 is 0 Å². The van der Waals surface area contributed by atoms with Gasteiger partial charge in [0.1, 0.15) is 4.90 Å². The molecule has 2 aromatic rings. The first-order valence-electron chi connectivity index (χ1n) is 4.74. The average molecular weight is 260 g/mol. The second-order valence-corrected chi connectivity index (χ2v) is 5.12. The van der Waals surface area contributed by atoms with E-state index in [4.69, 9.17) is 5.14 Å². The molecule has 0 radical (unpaired) electrons. The maximum absolute atomic E-state index is 12.9. The van der Waals surface area contributed by atoms with Gasteiger partial charge in [0.25, 0.3) is 0 Å². The molecule has 0 bridgehead atoms. The summed E-state index contributed by atoms with van der Waals surface area (Å²) in [5.74, 6) is 0. The molecule has 0 aliphatic heterocycles. The second-order valence-electron chi connectivity index (χ2n) is 3.62. The lowest BCUT2D eigenvalue weighted by Crippen LogP contribution is -2.13. The van der Waals surface area contributed by atoms with E-state index in [0.29, 0.717) is 4.57 Å². The first kappa shape index (κ1) is 12.0. The zero-order valence-corrected chi connectivity index (χ0v) is 9.71. The number of fused-ring (bicyclic) bond motifs is 1.